The fourth-order valence-corrected chi connectivity index (χ4v) is 3.63. The summed E-state index contributed by atoms with van der Waals surface area (Å²) in [7, 11) is 3.93. The van der Waals surface area contributed by atoms with Crippen LogP contribution in [-0.2, 0) is 13.0 Å². The van der Waals surface area contributed by atoms with E-state index in [0.29, 0.717) is 12.2 Å². The van der Waals surface area contributed by atoms with E-state index in [1.54, 1.807) is 11.0 Å². The molecule has 3 aromatic rings. The molecule has 2 heterocycles. The van der Waals surface area contributed by atoms with Crippen molar-refractivity contribution in [2.45, 2.75) is 19.0 Å². The van der Waals surface area contributed by atoms with Gasteiger partial charge in [0.1, 0.15) is 5.69 Å². The second-order valence-electron chi connectivity index (χ2n) is 7.17. The van der Waals surface area contributed by atoms with Crippen LogP contribution >= 0.6 is 0 Å². The summed E-state index contributed by atoms with van der Waals surface area (Å²) in [6.07, 6.45) is 0.940. The molecule has 0 saturated carbocycles. The third-order valence-corrected chi connectivity index (χ3v) is 5.24. The van der Waals surface area contributed by atoms with Crippen molar-refractivity contribution >= 4 is 5.91 Å². The highest BCUT2D eigenvalue weighted by atomic mass is 16.5. The minimum Gasteiger partial charge on any atom is -0.350 e. The fourth-order valence-electron chi connectivity index (χ4n) is 3.63. The molecule has 5 nitrogen and oxygen atoms in total. The van der Waals surface area contributed by atoms with Gasteiger partial charge in [-0.05, 0) is 24.6 Å². The zero-order valence-corrected chi connectivity index (χ0v) is 15.6. The third kappa shape index (κ3) is 3.64. The van der Waals surface area contributed by atoms with E-state index in [0.717, 1.165) is 18.5 Å². The molecule has 1 atom stereocenters. The van der Waals surface area contributed by atoms with Crippen LogP contribution in [0.3, 0.4) is 0 Å². The zero-order chi connectivity index (χ0) is 18.8. The van der Waals surface area contributed by atoms with E-state index < -0.39 is 0 Å². The lowest BCUT2D eigenvalue weighted by atomic mass is 9.94. The van der Waals surface area contributed by atoms with E-state index in [2.05, 4.69) is 41.4 Å². The molecule has 0 unspecified atom stereocenters. The Kier molecular flexibility index (Phi) is 4.77. The van der Waals surface area contributed by atoms with Gasteiger partial charge in [-0.15, -0.1) is 0 Å². The first-order chi connectivity index (χ1) is 13.1. The first kappa shape index (κ1) is 17.5. The van der Waals surface area contributed by atoms with Crippen molar-refractivity contribution in [3.05, 3.63) is 77.6 Å². The molecular weight excluding hydrogens is 338 g/mol. The number of nitrogens with zero attached hydrogens (tertiary/aromatic N) is 3. The van der Waals surface area contributed by atoms with Crippen molar-refractivity contribution in [2.75, 3.05) is 20.6 Å². The molecule has 0 N–H and O–H groups in total. The maximum atomic E-state index is 12.8. The minimum atomic E-state index is -0.142. The van der Waals surface area contributed by atoms with Crippen LogP contribution in [0.25, 0.3) is 11.3 Å². The molecule has 0 spiro atoms. The van der Waals surface area contributed by atoms with Gasteiger partial charge in [0.15, 0.2) is 0 Å². The second-order valence-corrected chi connectivity index (χ2v) is 7.17. The quantitative estimate of drug-likeness (QED) is 0.714. The molecule has 1 aromatic heterocycles. The van der Waals surface area contributed by atoms with Crippen molar-refractivity contribution in [1.29, 1.82) is 0 Å². The number of carbonyl (C=O) groups excluding carboxylic acids is 1. The van der Waals surface area contributed by atoms with E-state index in [9.17, 15) is 4.79 Å². The van der Waals surface area contributed by atoms with Crippen LogP contribution in [0.15, 0.2) is 65.2 Å². The molecule has 2 aromatic carbocycles. The average molecular weight is 361 g/mol. The average Bonchev–Trinajstić information content (AvgIpc) is 3.19. The number of carbonyl (C=O) groups is 1. The van der Waals surface area contributed by atoms with Gasteiger partial charge >= 0.3 is 0 Å². The summed E-state index contributed by atoms with van der Waals surface area (Å²) >= 11 is 0. The van der Waals surface area contributed by atoms with Gasteiger partial charge in [0.2, 0.25) is 5.76 Å². The molecule has 138 valence electrons. The zero-order valence-electron chi connectivity index (χ0n) is 15.6. The number of likely N-dealkylation sites (N-methyl/N-ethyl adjacent to an activating group) is 2. The molecule has 0 fully saturated rings. The van der Waals surface area contributed by atoms with Crippen molar-refractivity contribution < 1.29 is 9.32 Å². The Morgan fingerprint density at radius 1 is 1.15 bits per heavy atom. The molecule has 0 aliphatic carbocycles. The van der Waals surface area contributed by atoms with Gasteiger partial charge in [-0.1, -0.05) is 59.8 Å². The van der Waals surface area contributed by atoms with E-state index >= 15 is 0 Å². The maximum absolute atomic E-state index is 12.8. The fraction of sp³-hybridized carbons (Fsp3) is 0.273. The summed E-state index contributed by atoms with van der Waals surface area (Å²) < 4.78 is 5.32. The van der Waals surface area contributed by atoms with Gasteiger partial charge in [0.25, 0.3) is 5.91 Å². The van der Waals surface area contributed by atoms with Gasteiger partial charge in [-0.25, -0.2) is 0 Å². The highest BCUT2D eigenvalue weighted by molar-refractivity contribution is 5.92. The second kappa shape index (κ2) is 7.37. The lowest BCUT2D eigenvalue weighted by Gasteiger charge is -2.36. The monoisotopic (exact) mass is 361 g/mol. The molecule has 1 aliphatic heterocycles. The Morgan fingerprint density at radius 2 is 1.85 bits per heavy atom. The van der Waals surface area contributed by atoms with Gasteiger partial charge in [0, 0.05) is 37.8 Å². The molecule has 27 heavy (non-hydrogen) atoms. The SMILES string of the molecule is CN(C[C@@H]1Cc2ccccc2CN1C)C(=O)c1cc(-c2ccccc2)no1. The first-order valence-electron chi connectivity index (χ1n) is 9.16. The van der Waals surface area contributed by atoms with Crippen LogP contribution in [0.5, 0.6) is 0 Å². The highest BCUT2D eigenvalue weighted by Gasteiger charge is 2.27. The summed E-state index contributed by atoms with van der Waals surface area (Å²) in [6, 6.07) is 20.2. The summed E-state index contributed by atoms with van der Waals surface area (Å²) in [5.41, 5.74) is 4.35. The third-order valence-electron chi connectivity index (χ3n) is 5.24. The predicted molar refractivity (Wildman–Crippen MR) is 104 cm³/mol. The molecule has 1 amide bonds. The molecular formula is C22H23N3O2. The van der Waals surface area contributed by atoms with Crippen LogP contribution < -0.4 is 0 Å². The van der Waals surface area contributed by atoms with E-state index in [1.807, 2.05) is 37.4 Å². The minimum absolute atomic E-state index is 0.142. The van der Waals surface area contributed by atoms with Crippen molar-refractivity contribution in [1.82, 2.24) is 15.0 Å². The molecule has 5 heteroatoms. The van der Waals surface area contributed by atoms with E-state index in [4.69, 9.17) is 4.52 Å². The van der Waals surface area contributed by atoms with Crippen molar-refractivity contribution in [3.8, 4) is 11.3 Å². The molecule has 4 rings (SSSR count). The van der Waals surface area contributed by atoms with E-state index in [1.165, 1.54) is 11.1 Å². The number of benzene rings is 2. The Morgan fingerprint density at radius 3 is 2.63 bits per heavy atom. The van der Waals surface area contributed by atoms with Crippen LogP contribution in [0.4, 0.5) is 0 Å². The van der Waals surface area contributed by atoms with Crippen LogP contribution in [0, 0.1) is 0 Å². The smallest absolute Gasteiger partial charge is 0.292 e. The molecule has 0 bridgehead atoms. The predicted octanol–water partition coefficient (Wildman–Crippen LogP) is 3.47. The number of hydrogen-bond acceptors (Lipinski definition) is 4. The van der Waals surface area contributed by atoms with Crippen LogP contribution in [0.1, 0.15) is 21.7 Å². The lowest BCUT2D eigenvalue weighted by Crippen LogP contribution is -2.46. The number of hydrogen-bond donors (Lipinski definition) is 0. The molecule has 0 radical (unpaired) electrons. The molecule has 0 saturated heterocycles. The largest absolute Gasteiger partial charge is 0.350 e. The number of aromatic nitrogens is 1. The van der Waals surface area contributed by atoms with Crippen molar-refractivity contribution in [3.63, 3.8) is 0 Å². The normalized spacial score (nSPS) is 16.7. The van der Waals surface area contributed by atoms with Crippen LogP contribution in [-0.4, -0.2) is 47.5 Å². The Balaban J connectivity index is 1.45. The standard InChI is InChI=1S/C22H23N3O2/c1-24-14-18-11-7-6-10-17(18)12-19(24)15-25(2)22(26)21-13-20(23-27-21)16-8-4-3-5-9-16/h3-11,13,19H,12,14-15H2,1-2H3/t19-/m0/s1. The van der Waals surface area contributed by atoms with Gasteiger partial charge in [0.05, 0.1) is 0 Å². The number of amides is 1. The van der Waals surface area contributed by atoms with Gasteiger partial charge in [-0.2, -0.15) is 0 Å². The van der Waals surface area contributed by atoms with Gasteiger partial charge in [-0.3, -0.25) is 9.69 Å². The number of rotatable bonds is 4. The Bertz CT molecular complexity index is 935. The Labute approximate surface area is 159 Å². The molecule has 1 aliphatic rings. The van der Waals surface area contributed by atoms with Gasteiger partial charge < -0.3 is 9.42 Å². The Hall–Kier alpha value is -2.92. The summed E-state index contributed by atoms with van der Waals surface area (Å²) in [5, 5.41) is 4.05. The maximum Gasteiger partial charge on any atom is 0.292 e. The first-order valence-corrected chi connectivity index (χ1v) is 9.16. The summed E-state index contributed by atoms with van der Waals surface area (Å²) in [4.78, 5) is 16.8. The summed E-state index contributed by atoms with van der Waals surface area (Å²) in [6.45, 7) is 1.55. The number of fused-ring (bicyclic) bond motifs is 1. The van der Waals surface area contributed by atoms with E-state index in [-0.39, 0.29) is 17.7 Å². The lowest BCUT2D eigenvalue weighted by molar-refractivity contribution is 0.0693. The topological polar surface area (TPSA) is 49.6 Å². The highest BCUT2D eigenvalue weighted by Crippen LogP contribution is 2.23. The van der Waals surface area contributed by atoms with Crippen LogP contribution in [0.2, 0.25) is 0 Å². The van der Waals surface area contributed by atoms with Crippen molar-refractivity contribution in [2.24, 2.45) is 0 Å². The summed E-state index contributed by atoms with van der Waals surface area (Å²) in [5.74, 6) is 0.132.